The first-order chi connectivity index (χ1) is 5.52. The first kappa shape index (κ1) is 11.2. The van der Waals surface area contributed by atoms with Gasteiger partial charge in [0.25, 0.3) is 0 Å². The second kappa shape index (κ2) is 4.96. The lowest BCUT2D eigenvalue weighted by atomic mass is 9.89. The fraction of sp³-hybridized carbons (Fsp3) is 0.700. The molecule has 0 atom stereocenters. The second-order valence-electron chi connectivity index (χ2n) is 3.73. The van der Waals surface area contributed by atoms with Gasteiger partial charge in [0.15, 0.2) is 0 Å². The zero-order valence-electron chi connectivity index (χ0n) is 8.55. The Morgan fingerprint density at radius 3 is 2.42 bits per heavy atom. The van der Waals surface area contributed by atoms with E-state index < -0.39 is 0 Å². The molecule has 0 aromatic heterocycles. The van der Waals surface area contributed by atoms with Crippen LogP contribution in [0.1, 0.15) is 34.1 Å². The maximum Gasteiger partial charge on any atom is 0.135 e. The molecule has 70 valence electrons. The molecule has 0 heterocycles. The lowest BCUT2D eigenvalue weighted by Crippen LogP contribution is -2.19. The molecule has 0 aliphatic heterocycles. The van der Waals surface area contributed by atoms with Crippen LogP contribution in [0.15, 0.2) is 17.8 Å². The van der Waals surface area contributed by atoms with Crippen molar-refractivity contribution >= 4 is 5.71 Å². The Labute approximate surface area is 75.3 Å². The zero-order valence-corrected chi connectivity index (χ0v) is 8.55. The molecule has 0 rings (SSSR count). The average Bonchev–Trinajstić information content (AvgIpc) is 1.95. The smallest absolute Gasteiger partial charge is 0.135 e. The SMILES string of the molecule is C=CCO/N=C(\CC)C(C)(C)C. The van der Waals surface area contributed by atoms with E-state index >= 15 is 0 Å². The van der Waals surface area contributed by atoms with Crippen molar-refractivity contribution in [2.45, 2.75) is 34.1 Å². The van der Waals surface area contributed by atoms with E-state index in [9.17, 15) is 0 Å². The van der Waals surface area contributed by atoms with Gasteiger partial charge in [0.05, 0.1) is 5.71 Å². The van der Waals surface area contributed by atoms with Gasteiger partial charge in [-0.1, -0.05) is 45.5 Å². The van der Waals surface area contributed by atoms with Gasteiger partial charge in [0, 0.05) is 5.41 Å². The predicted octanol–water partition coefficient (Wildman–Crippen LogP) is 3.00. The van der Waals surface area contributed by atoms with Crippen molar-refractivity contribution in [1.82, 2.24) is 0 Å². The fourth-order valence-electron chi connectivity index (χ4n) is 0.900. The van der Waals surface area contributed by atoms with Gasteiger partial charge in [0.2, 0.25) is 0 Å². The molecule has 0 aliphatic carbocycles. The predicted molar refractivity (Wildman–Crippen MR) is 53.3 cm³/mol. The summed E-state index contributed by atoms with van der Waals surface area (Å²) in [4.78, 5) is 5.03. The van der Waals surface area contributed by atoms with Crippen LogP contribution in [-0.4, -0.2) is 12.3 Å². The van der Waals surface area contributed by atoms with E-state index in [4.69, 9.17) is 4.84 Å². The Hall–Kier alpha value is -0.790. The number of oxime groups is 1. The third-order valence-corrected chi connectivity index (χ3v) is 1.57. The number of nitrogens with zero attached hydrogens (tertiary/aromatic N) is 1. The molecule has 0 amide bonds. The first-order valence-electron chi connectivity index (χ1n) is 4.32. The molecule has 0 radical (unpaired) electrons. The van der Waals surface area contributed by atoms with Crippen molar-refractivity contribution in [3.63, 3.8) is 0 Å². The van der Waals surface area contributed by atoms with Gasteiger partial charge >= 0.3 is 0 Å². The van der Waals surface area contributed by atoms with E-state index in [0.717, 1.165) is 12.1 Å². The van der Waals surface area contributed by atoms with Gasteiger partial charge in [-0.3, -0.25) is 0 Å². The Morgan fingerprint density at radius 2 is 2.08 bits per heavy atom. The molecule has 0 N–H and O–H groups in total. The fourth-order valence-corrected chi connectivity index (χ4v) is 0.900. The van der Waals surface area contributed by atoms with Gasteiger partial charge in [-0.05, 0) is 6.42 Å². The number of rotatable bonds is 4. The first-order valence-corrected chi connectivity index (χ1v) is 4.32. The summed E-state index contributed by atoms with van der Waals surface area (Å²) in [6.07, 6.45) is 2.63. The lowest BCUT2D eigenvalue weighted by molar-refractivity contribution is 0.170. The molecule has 2 nitrogen and oxygen atoms in total. The number of hydrogen-bond acceptors (Lipinski definition) is 2. The van der Waals surface area contributed by atoms with Crippen LogP contribution in [0.4, 0.5) is 0 Å². The van der Waals surface area contributed by atoms with Crippen LogP contribution in [0.5, 0.6) is 0 Å². The summed E-state index contributed by atoms with van der Waals surface area (Å²) in [7, 11) is 0. The highest BCUT2D eigenvalue weighted by molar-refractivity contribution is 5.88. The Balaban J connectivity index is 4.14. The van der Waals surface area contributed by atoms with E-state index in [-0.39, 0.29) is 5.41 Å². The van der Waals surface area contributed by atoms with Crippen molar-refractivity contribution in [2.24, 2.45) is 10.6 Å². The molecule has 0 unspecified atom stereocenters. The molecule has 2 heteroatoms. The van der Waals surface area contributed by atoms with E-state index in [1.54, 1.807) is 6.08 Å². The van der Waals surface area contributed by atoms with Gasteiger partial charge in [0.1, 0.15) is 6.61 Å². The highest BCUT2D eigenvalue weighted by Gasteiger charge is 2.17. The van der Waals surface area contributed by atoms with Crippen molar-refractivity contribution in [1.29, 1.82) is 0 Å². The van der Waals surface area contributed by atoms with E-state index in [0.29, 0.717) is 6.61 Å². The van der Waals surface area contributed by atoms with Crippen molar-refractivity contribution in [3.8, 4) is 0 Å². The number of hydrogen-bond donors (Lipinski definition) is 0. The standard InChI is InChI=1S/C10H19NO/c1-6-8-12-11-9(7-2)10(3,4)5/h6H,1,7-8H2,2-5H3/b11-9+. The molecule has 0 spiro atoms. The molecule has 0 aromatic carbocycles. The van der Waals surface area contributed by atoms with E-state index in [2.05, 4.69) is 39.4 Å². The van der Waals surface area contributed by atoms with Crippen LogP contribution >= 0.6 is 0 Å². The largest absolute Gasteiger partial charge is 0.392 e. The third-order valence-electron chi connectivity index (χ3n) is 1.57. The zero-order chi connectivity index (χ0) is 9.61. The van der Waals surface area contributed by atoms with Gasteiger partial charge in [-0.25, -0.2) is 0 Å². The van der Waals surface area contributed by atoms with Crippen LogP contribution < -0.4 is 0 Å². The van der Waals surface area contributed by atoms with Gasteiger partial charge in [-0.2, -0.15) is 0 Å². The van der Waals surface area contributed by atoms with Gasteiger partial charge in [-0.15, -0.1) is 0 Å². The van der Waals surface area contributed by atoms with Crippen LogP contribution in [-0.2, 0) is 4.84 Å². The summed E-state index contributed by atoms with van der Waals surface area (Å²) in [5.74, 6) is 0. The van der Waals surface area contributed by atoms with Crippen LogP contribution in [0, 0.1) is 5.41 Å². The minimum Gasteiger partial charge on any atom is -0.392 e. The Morgan fingerprint density at radius 1 is 1.50 bits per heavy atom. The van der Waals surface area contributed by atoms with Crippen molar-refractivity contribution < 1.29 is 4.84 Å². The van der Waals surface area contributed by atoms with Crippen molar-refractivity contribution in [3.05, 3.63) is 12.7 Å². The maximum atomic E-state index is 5.03. The summed E-state index contributed by atoms with van der Waals surface area (Å²) < 4.78 is 0. The van der Waals surface area contributed by atoms with Crippen LogP contribution in [0.3, 0.4) is 0 Å². The normalized spacial score (nSPS) is 12.8. The summed E-state index contributed by atoms with van der Waals surface area (Å²) in [6.45, 7) is 12.5. The van der Waals surface area contributed by atoms with Crippen LogP contribution in [0.25, 0.3) is 0 Å². The highest BCUT2D eigenvalue weighted by Crippen LogP contribution is 2.18. The minimum atomic E-state index is 0.107. The summed E-state index contributed by atoms with van der Waals surface area (Å²) in [5, 5.41) is 4.05. The maximum absolute atomic E-state index is 5.03. The van der Waals surface area contributed by atoms with Crippen LogP contribution in [0.2, 0.25) is 0 Å². The molecular weight excluding hydrogens is 150 g/mol. The Bertz CT molecular complexity index is 165. The molecule has 0 aromatic rings. The Kier molecular flexibility index (Phi) is 4.64. The molecule has 0 saturated heterocycles. The average molecular weight is 169 g/mol. The molecule has 0 fully saturated rings. The molecular formula is C10H19NO. The molecule has 0 aliphatic rings. The lowest BCUT2D eigenvalue weighted by Gasteiger charge is -2.19. The molecule has 12 heavy (non-hydrogen) atoms. The summed E-state index contributed by atoms with van der Waals surface area (Å²) >= 11 is 0. The van der Waals surface area contributed by atoms with Gasteiger partial charge < -0.3 is 4.84 Å². The van der Waals surface area contributed by atoms with E-state index in [1.165, 1.54) is 0 Å². The monoisotopic (exact) mass is 169 g/mol. The minimum absolute atomic E-state index is 0.107. The molecule has 0 bridgehead atoms. The summed E-state index contributed by atoms with van der Waals surface area (Å²) in [6, 6.07) is 0. The summed E-state index contributed by atoms with van der Waals surface area (Å²) in [5.41, 5.74) is 1.19. The highest BCUT2D eigenvalue weighted by atomic mass is 16.6. The van der Waals surface area contributed by atoms with E-state index in [1.807, 2.05) is 0 Å². The quantitative estimate of drug-likeness (QED) is 0.274. The molecule has 0 saturated carbocycles. The topological polar surface area (TPSA) is 21.6 Å². The van der Waals surface area contributed by atoms with Crippen molar-refractivity contribution in [2.75, 3.05) is 6.61 Å². The second-order valence-corrected chi connectivity index (χ2v) is 3.73. The third kappa shape index (κ3) is 4.16.